The lowest BCUT2D eigenvalue weighted by Gasteiger charge is -2.35. The van der Waals surface area contributed by atoms with Crippen LogP contribution in [0, 0.1) is 0 Å². The zero-order chi connectivity index (χ0) is 18.1. The molecule has 1 saturated heterocycles. The Bertz CT molecular complexity index is 862. The fourth-order valence-electron chi connectivity index (χ4n) is 3.34. The summed E-state index contributed by atoms with van der Waals surface area (Å²) in [6, 6.07) is 13.5. The minimum Gasteiger partial charge on any atom is -0.369 e. The Balaban J connectivity index is 1.39. The van der Waals surface area contributed by atoms with Crippen LogP contribution in [0.1, 0.15) is 11.4 Å². The molecule has 1 aliphatic heterocycles. The Labute approximate surface area is 149 Å². The van der Waals surface area contributed by atoms with E-state index in [0.717, 1.165) is 36.0 Å². The zero-order valence-corrected chi connectivity index (χ0v) is 14.1. The van der Waals surface area contributed by atoms with Crippen molar-refractivity contribution in [2.45, 2.75) is 12.7 Å². The lowest BCUT2D eigenvalue weighted by molar-refractivity contribution is -0.137. The maximum Gasteiger partial charge on any atom is 0.416 e. The number of piperazine rings is 1. The number of aromatic amines is 1. The lowest BCUT2D eigenvalue weighted by atomic mass is 10.1. The van der Waals surface area contributed by atoms with Crippen molar-refractivity contribution >= 4 is 16.7 Å². The maximum absolute atomic E-state index is 12.9. The summed E-state index contributed by atoms with van der Waals surface area (Å²) < 4.78 is 38.7. The molecule has 2 heterocycles. The number of hydrogen-bond donors (Lipinski definition) is 1. The van der Waals surface area contributed by atoms with Gasteiger partial charge >= 0.3 is 6.18 Å². The second kappa shape index (κ2) is 6.64. The number of nitrogens with one attached hydrogen (secondary N) is 1. The van der Waals surface area contributed by atoms with Crippen molar-refractivity contribution < 1.29 is 13.2 Å². The molecule has 3 aromatic rings. The monoisotopic (exact) mass is 360 g/mol. The summed E-state index contributed by atoms with van der Waals surface area (Å²) in [6.45, 7) is 3.68. The molecule has 1 fully saturated rings. The van der Waals surface area contributed by atoms with Crippen molar-refractivity contribution in [3.63, 3.8) is 0 Å². The third kappa shape index (κ3) is 3.53. The molecule has 0 atom stereocenters. The molecule has 7 heteroatoms. The molecule has 26 heavy (non-hydrogen) atoms. The van der Waals surface area contributed by atoms with Gasteiger partial charge in [-0.05, 0) is 30.3 Å². The quantitative estimate of drug-likeness (QED) is 0.769. The zero-order valence-electron chi connectivity index (χ0n) is 14.1. The predicted octanol–water partition coefficient (Wildman–Crippen LogP) is 3.90. The van der Waals surface area contributed by atoms with E-state index in [2.05, 4.69) is 14.9 Å². The number of alkyl halides is 3. The second-order valence-electron chi connectivity index (χ2n) is 6.51. The molecule has 0 aliphatic carbocycles. The molecule has 4 rings (SSSR count). The molecule has 4 nitrogen and oxygen atoms in total. The number of H-pyrrole nitrogens is 1. The Morgan fingerprint density at radius 3 is 2.46 bits per heavy atom. The first-order valence-electron chi connectivity index (χ1n) is 8.57. The van der Waals surface area contributed by atoms with Gasteiger partial charge in [0.1, 0.15) is 5.82 Å². The van der Waals surface area contributed by atoms with Crippen LogP contribution in [0.25, 0.3) is 11.0 Å². The van der Waals surface area contributed by atoms with Crippen molar-refractivity contribution in [1.29, 1.82) is 0 Å². The minimum absolute atomic E-state index is 0.597. The van der Waals surface area contributed by atoms with Gasteiger partial charge < -0.3 is 9.88 Å². The number of imidazole rings is 1. The minimum atomic E-state index is -4.31. The smallest absolute Gasteiger partial charge is 0.369 e. The number of para-hydroxylation sites is 2. The highest BCUT2D eigenvalue weighted by atomic mass is 19.4. The SMILES string of the molecule is FC(F)(F)c1cccc(N2CCN(Cc3nc4ccccc4[nH]3)CC2)c1. The van der Waals surface area contributed by atoms with Gasteiger partial charge in [-0.1, -0.05) is 18.2 Å². The summed E-state index contributed by atoms with van der Waals surface area (Å²) in [5, 5.41) is 0. The van der Waals surface area contributed by atoms with E-state index >= 15 is 0 Å². The van der Waals surface area contributed by atoms with E-state index < -0.39 is 11.7 Å². The van der Waals surface area contributed by atoms with Crippen LogP contribution in [0.3, 0.4) is 0 Å². The second-order valence-corrected chi connectivity index (χ2v) is 6.51. The molecular weight excluding hydrogens is 341 g/mol. The first-order chi connectivity index (χ1) is 12.5. The fourth-order valence-corrected chi connectivity index (χ4v) is 3.34. The number of nitrogens with zero attached hydrogens (tertiary/aromatic N) is 3. The van der Waals surface area contributed by atoms with Gasteiger partial charge in [0.05, 0.1) is 23.1 Å². The summed E-state index contributed by atoms with van der Waals surface area (Å²) >= 11 is 0. The molecule has 0 unspecified atom stereocenters. The van der Waals surface area contributed by atoms with Gasteiger partial charge in [-0.25, -0.2) is 4.98 Å². The van der Waals surface area contributed by atoms with Crippen molar-refractivity contribution in [3.05, 3.63) is 59.9 Å². The van der Waals surface area contributed by atoms with E-state index in [0.29, 0.717) is 25.3 Å². The highest BCUT2D eigenvalue weighted by Crippen LogP contribution is 2.31. The van der Waals surface area contributed by atoms with E-state index in [1.54, 1.807) is 6.07 Å². The highest BCUT2D eigenvalue weighted by Gasteiger charge is 2.31. The van der Waals surface area contributed by atoms with Gasteiger partial charge in [-0.2, -0.15) is 13.2 Å². The van der Waals surface area contributed by atoms with Gasteiger partial charge in [0, 0.05) is 31.9 Å². The standard InChI is InChI=1S/C19H19F3N4/c20-19(21,22)14-4-3-5-15(12-14)26-10-8-25(9-11-26)13-18-23-16-6-1-2-7-17(16)24-18/h1-7,12H,8-11,13H2,(H,23,24). The summed E-state index contributed by atoms with van der Waals surface area (Å²) in [4.78, 5) is 12.2. The van der Waals surface area contributed by atoms with E-state index in [-0.39, 0.29) is 0 Å². The molecule has 2 aromatic carbocycles. The molecule has 0 amide bonds. The van der Waals surface area contributed by atoms with Crippen LogP contribution in [0.2, 0.25) is 0 Å². The summed E-state index contributed by atoms with van der Waals surface area (Å²) in [7, 11) is 0. The van der Waals surface area contributed by atoms with E-state index in [1.807, 2.05) is 29.2 Å². The Morgan fingerprint density at radius 2 is 1.73 bits per heavy atom. The van der Waals surface area contributed by atoms with Crippen LogP contribution >= 0.6 is 0 Å². The Kier molecular flexibility index (Phi) is 4.32. The summed E-state index contributed by atoms with van der Waals surface area (Å²) in [5.41, 5.74) is 2.00. The molecule has 1 aromatic heterocycles. The van der Waals surface area contributed by atoms with E-state index in [1.165, 1.54) is 12.1 Å². The van der Waals surface area contributed by atoms with Gasteiger partial charge in [-0.3, -0.25) is 4.90 Å². The van der Waals surface area contributed by atoms with Crippen LogP contribution in [-0.4, -0.2) is 41.0 Å². The van der Waals surface area contributed by atoms with Gasteiger partial charge in [0.25, 0.3) is 0 Å². The average molecular weight is 360 g/mol. The molecule has 1 N–H and O–H groups in total. The van der Waals surface area contributed by atoms with Crippen molar-refractivity contribution in [1.82, 2.24) is 14.9 Å². The number of hydrogen-bond acceptors (Lipinski definition) is 3. The van der Waals surface area contributed by atoms with Crippen LogP contribution in [0.15, 0.2) is 48.5 Å². The third-order valence-electron chi connectivity index (χ3n) is 4.72. The first-order valence-corrected chi connectivity index (χ1v) is 8.57. The van der Waals surface area contributed by atoms with E-state index in [4.69, 9.17) is 0 Å². The molecule has 0 radical (unpaired) electrons. The van der Waals surface area contributed by atoms with Crippen LogP contribution in [0.5, 0.6) is 0 Å². The average Bonchev–Trinajstić information content (AvgIpc) is 3.04. The van der Waals surface area contributed by atoms with Crippen molar-refractivity contribution in [2.24, 2.45) is 0 Å². The number of benzene rings is 2. The number of aromatic nitrogens is 2. The Hall–Kier alpha value is -2.54. The number of fused-ring (bicyclic) bond motifs is 1. The summed E-state index contributed by atoms with van der Waals surface area (Å²) in [6.07, 6.45) is -4.31. The van der Waals surface area contributed by atoms with Crippen LogP contribution < -0.4 is 4.90 Å². The van der Waals surface area contributed by atoms with E-state index in [9.17, 15) is 13.2 Å². The maximum atomic E-state index is 12.9. The largest absolute Gasteiger partial charge is 0.416 e. The molecule has 0 saturated carbocycles. The molecule has 0 bridgehead atoms. The molecular formula is C19H19F3N4. The topological polar surface area (TPSA) is 35.2 Å². The normalized spacial score (nSPS) is 16.3. The predicted molar refractivity (Wildman–Crippen MR) is 95.0 cm³/mol. The first kappa shape index (κ1) is 16.9. The molecule has 1 aliphatic rings. The number of anilines is 1. The Morgan fingerprint density at radius 1 is 0.962 bits per heavy atom. The fraction of sp³-hybridized carbons (Fsp3) is 0.316. The van der Waals surface area contributed by atoms with Crippen LogP contribution in [-0.2, 0) is 12.7 Å². The van der Waals surface area contributed by atoms with Gasteiger partial charge in [0.2, 0.25) is 0 Å². The van der Waals surface area contributed by atoms with Crippen molar-refractivity contribution in [3.8, 4) is 0 Å². The van der Waals surface area contributed by atoms with Crippen LogP contribution in [0.4, 0.5) is 18.9 Å². The lowest BCUT2D eigenvalue weighted by Crippen LogP contribution is -2.46. The number of rotatable bonds is 3. The van der Waals surface area contributed by atoms with Crippen molar-refractivity contribution in [2.75, 3.05) is 31.1 Å². The third-order valence-corrected chi connectivity index (χ3v) is 4.72. The highest BCUT2D eigenvalue weighted by molar-refractivity contribution is 5.74. The van der Waals surface area contributed by atoms with Gasteiger partial charge in [0.15, 0.2) is 0 Å². The number of halogens is 3. The molecule has 0 spiro atoms. The molecule has 136 valence electrons. The summed E-state index contributed by atoms with van der Waals surface area (Å²) in [5.74, 6) is 0.915. The van der Waals surface area contributed by atoms with Gasteiger partial charge in [-0.15, -0.1) is 0 Å².